The van der Waals surface area contributed by atoms with Crippen molar-refractivity contribution in [2.75, 3.05) is 11.6 Å². The number of carbonyl (C=O) groups excluding carboxylic acids is 1. The zero-order chi connectivity index (χ0) is 9.52. The minimum atomic E-state index is -0.199. The summed E-state index contributed by atoms with van der Waals surface area (Å²) in [7, 11) is 0. The van der Waals surface area contributed by atoms with Crippen LogP contribution < -0.4 is 5.32 Å². The lowest BCUT2D eigenvalue weighted by molar-refractivity contribution is -0.111. The van der Waals surface area contributed by atoms with Crippen molar-refractivity contribution >= 4 is 23.5 Å². The van der Waals surface area contributed by atoms with Crippen LogP contribution in [0.25, 0.3) is 0 Å². The highest BCUT2D eigenvalue weighted by molar-refractivity contribution is 8.01. The maximum atomic E-state index is 11.1. The van der Waals surface area contributed by atoms with E-state index in [1.54, 1.807) is 23.7 Å². The molecule has 0 aliphatic rings. The van der Waals surface area contributed by atoms with E-state index in [2.05, 4.69) is 15.5 Å². The van der Waals surface area contributed by atoms with Crippen molar-refractivity contribution in [1.82, 2.24) is 10.2 Å². The zero-order valence-corrected chi connectivity index (χ0v) is 7.91. The lowest BCUT2D eigenvalue weighted by Gasteiger charge is -1.97. The molecule has 1 rings (SSSR count). The standard InChI is InChI=1S/C8H9N3OS/c1-13-6-4-8(12)10-7-3-2-5-9-11-7/h2-6H,1H3,(H,10,11,12)/b6-4+. The van der Waals surface area contributed by atoms with E-state index in [9.17, 15) is 4.79 Å². The summed E-state index contributed by atoms with van der Waals surface area (Å²) in [4.78, 5) is 11.1. The molecular weight excluding hydrogens is 186 g/mol. The van der Waals surface area contributed by atoms with E-state index < -0.39 is 0 Å². The lowest BCUT2D eigenvalue weighted by Crippen LogP contribution is -2.09. The number of hydrogen-bond acceptors (Lipinski definition) is 4. The molecule has 1 heterocycles. The molecule has 0 radical (unpaired) electrons. The number of nitrogens with zero attached hydrogens (tertiary/aromatic N) is 2. The number of nitrogens with one attached hydrogen (secondary N) is 1. The molecule has 0 fully saturated rings. The number of thioether (sulfide) groups is 1. The summed E-state index contributed by atoms with van der Waals surface area (Å²) >= 11 is 1.46. The maximum Gasteiger partial charge on any atom is 0.250 e. The van der Waals surface area contributed by atoms with Crippen molar-refractivity contribution in [3.63, 3.8) is 0 Å². The molecule has 0 unspecified atom stereocenters. The first-order valence-electron chi connectivity index (χ1n) is 3.61. The van der Waals surface area contributed by atoms with E-state index in [0.717, 1.165) is 0 Å². The summed E-state index contributed by atoms with van der Waals surface area (Å²) in [6.45, 7) is 0. The third-order valence-electron chi connectivity index (χ3n) is 1.18. The monoisotopic (exact) mass is 195 g/mol. The van der Waals surface area contributed by atoms with Crippen LogP contribution in [0.4, 0.5) is 5.82 Å². The molecule has 0 aromatic carbocycles. The first-order valence-corrected chi connectivity index (χ1v) is 4.90. The van der Waals surface area contributed by atoms with Crippen LogP contribution in [0.1, 0.15) is 0 Å². The van der Waals surface area contributed by atoms with Gasteiger partial charge in [-0.3, -0.25) is 4.79 Å². The Hall–Kier alpha value is -1.36. The summed E-state index contributed by atoms with van der Waals surface area (Å²) in [5.41, 5.74) is 0. The number of amides is 1. The Kier molecular flexibility index (Phi) is 3.98. The van der Waals surface area contributed by atoms with E-state index >= 15 is 0 Å². The second-order valence-corrected chi connectivity index (χ2v) is 2.88. The van der Waals surface area contributed by atoms with Crippen LogP contribution in [0.15, 0.2) is 29.8 Å². The molecule has 1 N–H and O–H groups in total. The predicted molar refractivity (Wildman–Crippen MR) is 53.3 cm³/mol. The van der Waals surface area contributed by atoms with Crippen molar-refractivity contribution in [2.24, 2.45) is 0 Å². The molecule has 0 spiro atoms. The van der Waals surface area contributed by atoms with Gasteiger partial charge in [-0.05, 0) is 23.8 Å². The second kappa shape index (κ2) is 5.31. The largest absolute Gasteiger partial charge is 0.306 e. The summed E-state index contributed by atoms with van der Waals surface area (Å²) in [6, 6.07) is 3.39. The summed E-state index contributed by atoms with van der Waals surface area (Å²) in [6.07, 6.45) is 4.87. The molecule has 13 heavy (non-hydrogen) atoms. The Morgan fingerprint density at radius 3 is 3.15 bits per heavy atom. The van der Waals surface area contributed by atoms with Crippen LogP contribution in [-0.4, -0.2) is 22.4 Å². The van der Waals surface area contributed by atoms with E-state index in [0.29, 0.717) is 5.82 Å². The van der Waals surface area contributed by atoms with Gasteiger partial charge >= 0.3 is 0 Å². The maximum absolute atomic E-state index is 11.1. The molecule has 0 aliphatic heterocycles. The van der Waals surface area contributed by atoms with Gasteiger partial charge in [0.25, 0.3) is 0 Å². The quantitative estimate of drug-likeness (QED) is 0.738. The van der Waals surface area contributed by atoms with Crippen LogP contribution in [0.5, 0.6) is 0 Å². The van der Waals surface area contributed by atoms with Gasteiger partial charge in [0.1, 0.15) is 0 Å². The molecule has 68 valence electrons. The topological polar surface area (TPSA) is 54.9 Å². The number of aromatic nitrogens is 2. The Morgan fingerprint density at radius 1 is 1.69 bits per heavy atom. The fourth-order valence-corrected chi connectivity index (χ4v) is 0.926. The molecule has 0 bridgehead atoms. The molecule has 1 aromatic heterocycles. The molecule has 1 aromatic rings. The van der Waals surface area contributed by atoms with Gasteiger partial charge in [0.05, 0.1) is 0 Å². The van der Waals surface area contributed by atoms with E-state index in [1.807, 2.05) is 6.26 Å². The van der Waals surface area contributed by atoms with Crippen LogP contribution in [-0.2, 0) is 4.79 Å². The molecule has 0 atom stereocenters. The highest BCUT2D eigenvalue weighted by Gasteiger charge is 1.96. The molecule has 0 saturated heterocycles. The minimum Gasteiger partial charge on any atom is -0.306 e. The normalized spacial score (nSPS) is 10.2. The predicted octanol–water partition coefficient (Wildman–Crippen LogP) is 1.29. The Bertz CT molecular complexity index is 300. The van der Waals surface area contributed by atoms with E-state index in [1.165, 1.54) is 17.8 Å². The van der Waals surface area contributed by atoms with Gasteiger partial charge in [-0.25, -0.2) is 0 Å². The van der Waals surface area contributed by atoms with Crippen LogP contribution in [0.3, 0.4) is 0 Å². The van der Waals surface area contributed by atoms with Gasteiger partial charge in [-0.15, -0.1) is 16.9 Å². The minimum absolute atomic E-state index is 0.199. The first-order chi connectivity index (χ1) is 6.33. The van der Waals surface area contributed by atoms with Crippen molar-refractivity contribution in [3.05, 3.63) is 29.8 Å². The third kappa shape index (κ3) is 3.71. The second-order valence-electron chi connectivity index (χ2n) is 2.14. The number of anilines is 1. The van der Waals surface area contributed by atoms with E-state index in [4.69, 9.17) is 0 Å². The van der Waals surface area contributed by atoms with Gasteiger partial charge in [-0.1, -0.05) is 0 Å². The summed E-state index contributed by atoms with van der Waals surface area (Å²) < 4.78 is 0. The van der Waals surface area contributed by atoms with Gasteiger partial charge in [0.15, 0.2) is 5.82 Å². The highest BCUT2D eigenvalue weighted by Crippen LogP contribution is 1.99. The summed E-state index contributed by atoms with van der Waals surface area (Å²) in [5.74, 6) is 0.258. The van der Waals surface area contributed by atoms with Crippen LogP contribution in [0, 0.1) is 0 Å². The lowest BCUT2D eigenvalue weighted by atomic mass is 10.5. The zero-order valence-electron chi connectivity index (χ0n) is 7.10. The highest BCUT2D eigenvalue weighted by atomic mass is 32.2. The summed E-state index contributed by atoms with van der Waals surface area (Å²) in [5, 5.41) is 11.6. The van der Waals surface area contributed by atoms with E-state index in [-0.39, 0.29) is 5.91 Å². The Labute approximate surface area is 80.4 Å². The van der Waals surface area contributed by atoms with Crippen molar-refractivity contribution in [1.29, 1.82) is 0 Å². The van der Waals surface area contributed by atoms with Crippen LogP contribution >= 0.6 is 11.8 Å². The van der Waals surface area contributed by atoms with Crippen molar-refractivity contribution in [2.45, 2.75) is 0 Å². The average molecular weight is 195 g/mol. The molecule has 0 aliphatic carbocycles. The smallest absolute Gasteiger partial charge is 0.250 e. The molecule has 4 nitrogen and oxygen atoms in total. The SMILES string of the molecule is CS/C=C/C(=O)Nc1cccnn1. The number of carbonyl (C=O) groups is 1. The van der Waals surface area contributed by atoms with Gasteiger partial charge in [-0.2, -0.15) is 5.10 Å². The average Bonchev–Trinajstić information content (AvgIpc) is 2.16. The fourth-order valence-electron chi connectivity index (χ4n) is 0.666. The Balaban J connectivity index is 2.50. The number of rotatable bonds is 3. The third-order valence-corrected chi connectivity index (χ3v) is 1.59. The van der Waals surface area contributed by atoms with Crippen molar-refractivity contribution in [3.8, 4) is 0 Å². The number of hydrogen-bond donors (Lipinski definition) is 1. The molecule has 0 saturated carbocycles. The van der Waals surface area contributed by atoms with Gasteiger partial charge in [0.2, 0.25) is 5.91 Å². The fraction of sp³-hybridized carbons (Fsp3) is 0.125. The van der Waals surface area contributed by atoms with Gasteiger partial charge in [0, 0.05) is 12.3 Å². The molecular formula is C8H9N3OS. The van der Waals surface area contributed by atoms with Crippen LogP contribution in [0.2, 0.25) is 0 Å². The van der Waals surface area contributed by atoms with Gasteiger partial charge < -0.3 is 5.32 Å². The Morgan fingerprint density at radius 2 is 2.54 bits per heavy atom. The van der Waals surface area contributed by atoms with Crippen molar-refractivity contribution < 1.29 is 4.79 Å². The molecule has 1 amide bonds. The first kappa shape index (κ1) is 9.73. The molecule has 5 heteroatoms.